The molecule has 44 heavy (non-hydrogen) atoms. The van der Waals surface area contributed by atoms with Crippen LogP contribution < -0.4 is 15.4 Å². The number of carbonyl (C=O) groups excluding carboxylic acids is 2. The number of oxazole rings is 1. The van der Waals surface area contributed by atoms with E-state index < -0.39 is 11.4 Å². The van der Waals surface area contributed by atoms with Crippen LogP contribution in [0.4, 0.5) is 10.5 Å². The molecule has 4 N–H and O–H groups in total. The number of carboxylic acid groups (broad SMARTS) is 1. The van der Waals surface area contributed by atoms with Crippen LogP contribution in [0.15, 0.2) is 46.9 Å². The number of carboxylic acids is 1. The molecule has 2 amide bonds. The lowest BCUT2D eigenvalue weighted by Gasteiger charge is -2.26. The molecule has 236 valence electrons. The van der Waals surface area contributed by atoms with Crippen LogP contribution in [0.2, 0.25) is 0 Å². The van der Waals surface area contributed by atoms with Crippen molar-refractivity contribution in [2.24, 2.45) is 5.92 Å². The number of rotatable bonds is 14. The Bertz CT molecular complexity index is 1460. The number of amides is 2. The Kier molecular flexibility index (Phi) is 10.8. The van der Waals surface area contributed by atoms with Gasteiger partial charge in [-0.2, -0.15) is 4.79 Å². The number of benzene rings is 2. The molecule has 4 rings (SSSR count). The highest BCUT2D eigenvalue weighted by Gasteiger charge is 2.29. The molecule has 0 unspecified atom stereocenters. The summed E-state index contributed by atoms with van der Waals surface area (Å²) < 4.78 is 17.3. The third-order valence-corrected chi connectivity index (χ3v) is 7.93. The average Bonchev–Trinajstić information content (AvgIpc) is 3.30. The van der Waals surface area contributed by atoms with Crippen LogP contribution in [0.25, 0.3) is 11.5 Å². The summed E-state index contributed by atoms with van der Waals surface area (Å²) in [5.74, 6) is 1.20. The van der Waals surface area contributed by atoms with Crippen molar-refractivity contribution in [2.45, 2.75) is 84.7 Å². The minimum absolute atomic E-state index is 0.00792. The number of hydrogen-bond acceptors (Lipinski definition) is 7. The summed E-state index contributed by atoms with van der Waals surface area (Å²) in [4.78, 5) is 40.4. The molecule has 0 bridgehead atoms. The second kappa shape index (κ2) is 14.5. The van der Waals surface area contributed by atoms with Crippen molar-refractivity contribution in [1.29, 1.82) is 0 Å². The molecule has 2 aromatic carbocycles. The van der Waals surface area contributed by atoms with Gasteiger partial charge in [0, 0.05) is 35.4 Å². The van der Waals surface area contributed by atoms with Gasteiger partial charge in [0.25, 0.3) is 0 Å². The molecular formula is C34H44N3O7+. The lowest BCUT2D eigenvalue weighted by molar-refractivity contribution is -0.579. The molecule has 0 radical (unpaired) electrons. The van der Waals surface area contributed by atoms with Gasteiger partial charge in [0.2, 0.25) is 11.8 Å². The Morgan fingerprint density at radius 2 is 1.84 bits per heavy atom. The number of aryl methyl sites for hydroxylation is 2. The van der Waals surface area contributed by atoms with Gasteiger partial charge >= 0.3 is 12.1 Å². The number of carbonyl (C=O) groups is 3. The van der Waals surface area contributed by atoms with Crippen LogP contribution in [0, 0.1) is 12.8 Å². The maximum atomic E-state index is 12.2. The number of nitrogens with one attached hydrogen (secondary N) is 1. The van der Waals surface area contributed by atoms with Crippen molar-refractivity contribution in [2.75, 3.05) is 18.5 Å². The molecule has 0 aliphatic heterocycles. The molecule has 10 heteroatoms. The first-order chi connectivity index (χ1) is 20.9. The molecule has 1 saturated carbocycles. The van der Waals surface area contributed by atoms with E-state index in [9.17, 15) is 19.5 Å². The molecular weight excluding hydrogens is 562 g/mol. The van der Waals surface area contributed by atoms with Gasteiger partial charge in [0.1, 0.15) is 17.6 Å². The third-order valence-electron chi connectivity index (χ3n) is 7.93. The van der Waals surface area contributed by atoms with Crippen LogP contribution in [0.5, 0.6) is 5.75 Å². The summed E-state index contributed by atoms with van der Waals surface area (Å²) in [6.45, 7) is 10.3. The van der Waals surface area contributed by atoms with Gasteiger partial charge in [-0.3, -0.25) is 9.59 Å². The number of hydrogen-bond donors (Lipinski definition) is 3. The van der Waals surface area contributed by atoms with E-state index >= 15 is 0 Å². The summed E-state index contributed by atoms with van der Waals surface area (Å²) in [5, 5.41) is 13.8. The zero-order chi connectivity index (χ0) is 31.9. The number of quaternary nitrogens is 1. The van der Waals surface area contributed by atoms with Gasteiger partial charge in [0.15, 0.2) is 0 Å². The molecule has 1 fully saturated rings. The number of anilines is 1. The van der Waals surface area contributed by atoms with E-state index in [1.807, 2.05) is 63.2 Å². The van der Waals surface area contributed by atoms with Crippen molar-refractivity contribution >= 4 is 23.7 Å². The zero-order valence-electron chi connectivity index (χ0n) is 26.3. The number of nitrogens with zero attached hydrogens (tertiary/aromatic N) is 1. The first kappa shape index (κ1) is 32.7. The van der Waals surface area contributed by atoms with E-state index in [2.05, 4.69) is 10.3 Å². The molecule has 0 spiro atoms. The van der Waals surface area contributed by atoms with Crippen LogP contribution in [0.1, 0.15) is 76.0 Å². The number of ether oxygens (including phenoxy) is 2. The highest BCUT2D eigenvalue weighted by atomic mass is 16.6. The van der Waals surface area contributed by atoms with Crippen LogP contribution in [-0.2, 0) is 32.6 Å². The summed E-state index contributed by atoms with van der Waals surface area (Å²) in [7, 11) is 0. The van der Waals surface area contributed by atoms with E-state index in [1.54, 1.807) is 19.2 Å². The Morgan fingerprint density at radius 3 is 2.48 bits per heavy atom. The quantitative estimate of drug-likeness (QED) is 0.221. The Balaban J connectivity index is 1.39. The summed E-state index contributed by atoms with van der Waals surface area (Å²) >= 11 is 0. The minimum Gasteiger partial charge on any atom is -0.493 e. The highest BCUT2D eigenvalue weighted by Crippen LogP contribution is 2.31. The van der Waals surface area contributed by atoms with E-state index in [0.717, 1.165) is 47.3 Å². The largest absolute Gasteiger partial charge is 0.512 e. The fourth-order valence-electron chi connectivity index (χ4n) is 5.12. The van der Waals surface area contributed by atoms with Crippen molar-refractivity contribution in [3.63, 3.8) is 0 Å². The Morgan fingerprint density at radius 1 is 1.11 bits per heavy atom. The maximum absolute atomic E-state index is 12.2. The first-order valence-corrected chi connectivity index (χ1v) is 15.3. The second-order valence-electron chi connectivity index (χ2n) is 12.3. The fourth-order valence-corrected chi connectivity index (χ4v) is 5.12. The van der Waals surface area contributed by atoms with E-state index in [1.165, 1.54) is 0 Å². The Hall–Kier alpha value is -4.18. The third kappa shape index (κ3) is 8.92. The summed E-state index contributed by atoms with van der Waals surface area (Å²) in [6, 6.07) is 13.2. The summed E-state index contributed by atoms with van der Waals surface area (Å²) in [6.07, 6.45) is 3.36. The van der Waals surface area contributed by atoms with Crippen molar-refractivity contribution in [3.05, 3.63) is 65.0 Å². The SMILES string of the molecule is Cc1oc(-c2ccc(NC(=O)C3CCC3)cc2)nc1CCOc1ccc(CCC(=O)O)c(C(C)(C)C[NH2+]C(=O)OC(C)C)c1. The molecule has 10 nitrogen and oxygen atoms in total. The van der Waals surface area contributed by atoms with Crippen LogP contribution in [-0.4, -0.2) is 47.3 Å². The van der Waals surface area contributed by atoms with Gasteiger partial charge in [-0.25, -0.2) is 10.3 Å². The van der Waals surface area contributed by atoms with Gasteiger partial charge in [-0.15, -0.1) is 0 Å². The van der Waals surface area contributed by atoms with E-state index in [-0.39, 0.29) is 30.4 Å². The van der Waals surface area contributed by atoms with E-state index in [0.29, 0.717) is 43.4 Å². The maximum Gasteiger partial charge on any atom is 0.512 e. The topological polar surface area (TPSA) is 145 Å². The molecule has 0 saturated heterocycles. The fraction of sp³-hybridized carbons (Fsp3) is 0.471. The van der Waals surface area contributed by atoms with Gasteiger partial charge in [-0.05, 0) is 87.6 Å². The second-order valence-corrected chi connectivity index (χ2v) is 12.3. The normalized spacial score (nSPS) is 13.4. The average molecular weight is 607 g/mol. The zero-order valence-corrected chi connectivity index (χ0v) is 26.3. The molecule has 1 aromatic heterocycles. The van der Waals surface area contributed by atoms with Crippen molar-refractivity contribution in [3.8, 4) is 17.2 Å². The van der Waals surface area contributed by atoms with Crippen LogP contribution >= 0.6 is 0 Å². The standard InChI is InChI=1S/C34H43N3O7/c1-21(2)43-33(41)35-20-34(4,5)28-19-27(15-11-23(28)12-16-30(38)39)42-18-17-29-22(3)44-32(37-29)25-9-13-26(14-10-25)36-31(40)24-7-6-8-24/h9-11,13-15,19,21,24H,6-8,12,16-18,20H2,1-5H3,(H,35,41)(H,36,40)(H,38,39)/p+1. The van der Waals surface area contributed by atoms with E-state index in [4.69, 9.17) is 13.9 Å². The smallest absolute Gasteiger partial charge is 0.493 e. The first-order valence-electron chi connectivity index (χ1n) is 15.3. The van der Waals surface area contributed by atoms with Gasteiger partial charge in [-0.1, -0.05) is 26.3 Å². The molecule has 1 aliphatic rings. The molecule has 1 aliphatic carbocycles. The predicted octanol–water partition coefficient (Wildman–Crippen LogP) is 5.41. The monoisotopic (exact) mass is 606 g/mol. The minimum atomic E-state index is -0.866. The molecule has 1 heterocycles. The highest BCUT2D eigenvalue weighted by molar-refractivity contribution is 5.93. The lowest BCUT2D eigenvalue weighted by atomic mass is 9.80. The number of aliphatic carboxylic acids is 1. The number of aromatic nitrogens is 1. The van der Waals surface area contributed by atoms with Gasteiger partial charge in [0.05, 0.1) is 18.8 Å². The van der Waals surface area contributed by atoms with Crippen molar-refractivity contribution < 1.29 is 38.7 Å². The lowest BCUT2D eigenvalue weighted by Crippen LogP contribution is -2.90. The van der Waals surface area contributed by atoms with Crippen molar-refractivity contribution in [1.82, 2.24) is 4.98 Å². The van der Waals surface area contributed by atoms with Gasteiger partial charge < -0.3 is 24.3 Å². The predicted molar refractivity (Wildman–Crippen MR) is 166 cm³/mol. The molecule has 3 aromatic rings. The number of nitrogens with two attached hydrogens (primary N) is 1. The van der Waals surface area contributed by atoms with Crippen LogP contribution in [0.3, 0.4) is 0 Å². The number of primary amides is 1. The molecule has 0 atom stereocenters. The Labute approximate surface area is 258 Å². The summed E-state index contributed by atoms with van der Waals surface area (Å²) in [5.41, 5.74) is 3.74.